The second kappa shape index (κ2) is 4.14. The Labute approximate surface area is 94.9 Å². The van der Waals surface area contributed by atoms with Crippen LogP contribution in [0.1, 0.15) is 12.0 Å². The molecule has 1 saturated heterocycles. The fourth-order valence-electron chi connectivity index (χ4n) is 1.77. The molecule has 0 amide bonds. The Morgan fingerprint density at radius 1 is 1.31 bits per heavy atom. The van der Waals surface area contributed by atoms with Crippen LogP contribution >= 0.6 is 0 Å². The molecule has 1 heterocycles. The van der Waals surface area contributed by atoms with Crippen molar-refractivity contribution in [3.05, 3.63) is 29.8 Å². The summed E-state index contributed by atoms with van der Waals surface area (Å²) in [7, 11) is -3.50. The lowest BCUT2D eigenvalue weighted by molar-refractivity contribution is 0.343. The summed E-state index contributed by atoms with van der Waals surface area (Å²) in [4.78, 5) is 0.243. The number of nitrogens with zero attached hydrogens (tertiary/aromatic N) is 1. The van der Waals surface area contributed by atoms with Gasteiger partial charge in [0.15, 0.2) is 0 Å². The first-order valence-electron chi connectivity index (χ1n) is 5.21. The van der Waals surface area contributed by atoms with Gasteiger partial charge in [0.05, 0.1) is 4.90 Å². The first-order valence-corrected chi connectivity index (χ1v) is 6.65. The van der Waals surface area contributed by atoms with Gasteiger partial charge in [-0.05, 0) is 25.5 Å². The van der Waals surface area contributed by atoms with Crippen LogP contribution in [0.2, 0.25) is 0 Å². The largest absolute Gasteiger partial charge is 0.246 e. The maximum Gasteiger partial charge on any atom is 0.243 e. The molecule has 1 atom stereocenters. The van der Waals surface area contributed by atoms with Gasteiger partial charge in [0.1, 0.15) is 6.17 Å². The van der Waals surface area contributed by atoms with Crippen molar-refractivity contribution in [3.8, 4) is 0 Å². The Balaban J connectivity index is 2.29. The van der Waals surface area contributed by atoms with E-state index in [2.05, 4.69) is 0 Å². The van der Waals surface area contributed by atoms with E-state index in [0.29, 0.717) is 6.42 Å². The molecular formula is C11H14FNO2S. The third-order valence-electron chi connectivity index (χ3n) is 2.75. The Hall–Kier alpha value is -0.940. The topological polar surface area (TPSA) is 37.4 Å². The monoisotopic (exact) mass is 243 g/mol. The fourth-order valence-corrected chi connectivity index (χ4v) is 3.25. The maximum absolute atomic E-state index is 13.0. The SMILES string of the molecule is Cc1ccc(S(=O)(=O)N2CCC(F)C2)cc1. The summed E-state index contributed by atoms with van der Waals surface area (Å²) in [5, 5.41) is 0. The minimum Gasteiger partial charge on any atom is -0.246 e. The summed E-state index contributed by atoms with van der Waals surface area (Å²) in [6, 6.07) is 6.62. The number of halogens is 1. The number of hydrogen-bond donors (Lipinski definition) is 0. The molecule has 0 N–H and O–H groups in total. The quantitative estimate of drug-likeness (QED) is 0.793. The molecule has 1 unspecified atom stereocenters. The van der Waals surface area contributed by atoms with E-state index in [4.69, 9.17) is 0 Å². The van der Waals surface area contributed by atoms with Crippen LogP contribution in [0.25, 0.3) is 0 Å². The summed E-state index contributed by atoms with van der Waals surface area (Å²) in [6.07, 6.45) is -0.731. The Kier molecular flexibility index (Phi) is 2.99. The molecule has 88 valence electrons. The van der Waals surface area contributed by atoms with Gasteiger partial charge >= 0.3 is 0 Å². The standard InChI is InChI=1S/C11H14FNO2S/c1-9-2-4-11(5-3-9)16(14,15)13-7-6-10(12)8-13/h2-5,10H,6-8H2,1H3. The third-order valence-corrected chi connectivity index (χ3v) is 4.63. The molecule has 0 radical (unpaired) electrons. The molecule has 5 heteroatoms. The van der Waals surface area contributed by atoms with Gasteiger partial charge in [0.2, 0.25) is 10.0 Å². The van der Waals surface area contributed by atoms with Crippen molar-refractivity contribution < 1.29 is 12.8 Å². The van der Waals surface area contributed by atoms with Crippen molar-refractivity contribution in [1.29, 1.82) is 0 Å². The van der Waals surface area contributed by atoms with E-state index in [1.807, 2.05) is 6.92 Å². The molecular weight excluding hydrogens is 229 g/mol. The van der Waals surface area contributed by atoms with Crippen LogP contribution in [0.4, 0.5) is 4.39 Å². The molecule has 2 rings (SSSR count). The zero-order valence-corrected chi connectivity index (χ0v) is 9.87. The van der Waals surface area contributed by atoms with Crippen LogP contribution in [-0.4, -0.2) is 32.0 Å². The lowest BCUT2D eigenvalue weighted by Crippen LogP contribution is -2.29. The molecule has 0 saturated carbocycles. The lowest BCUT2D eigenvalue weighted by atomic mass is 10.2. The van der Waals surface area contributed by atoms with Crippen LogP contribution in [0.5, 0.6) is 0 Å². The van der Waals surface area contributed by atoms with Crippen LogP contribution in [0, 0.1) is 6.92 Å². The van der Waals surface area contributed by atoms with E-state index < -0.39 is 16.2 Å². The highest BCUT2D eigenvalue weighted by Gasteiger charge is 2.32. The molecule has 1 fully saturated rings. The van der Waals surface area contributed by atoms with Crippen LogP contribution in [0.3, 0.4) is 0 Å². The van der Waals surface area contributed by atoms with Gasteiger partial charge in [0, 0.05) is 13.1 Å². The lowest BCUT2D eigenvalue weighted by Gasteiger charge is -2.15. The second-order valence-corrected chi connectivity index (χ2v) is 6.00. The molecule has 0 spiro atoms. The van der Waals surface area contributed by atoms with E-state index in [0.717, 1.165) is 5.56 Å². The van der Waals surface area contributed by atoms with Crippen LogP contribution in [0.15, 0.2) is 29.2 Å². The van der Waals surface area contributed by atoms with E-state index in [1.165, 1.54) is 4.31 Å². The van der Waals surface area contributed by atoms with Gasteiger partial charge in [-0.1, -0.05) is 17.7 Å². The highest BCUT2D eigenvalue weighted by Crippen LogP contribution is 2.22. The predicted octanol–water partition coefficient (Wildman–Crippen LogP) is 1.73. The zero-order chi connectivity index (χ0) is 11.8. The first kappa shape index (κ1) is 11.5. The minimum absolute atomic E-state index is 0.0176. The summed E-state index contributed by atoms with van der Waals surface area (Å²) in [6.45, 7) is 2.15. The third kappa shape index (κ3) is 2.10. The molecule has 0 aliphatic carbocycles. The summed E-state index contributed by atoms with van der Waals surface area (Å²) >= 11 is 0. The van der Waals surface area contributed by atoms with Gasteiger partial charge in [-0.3, -0.25) is 0 Å². The number of rotatable bonds is 2. The fraction of sp³-hybridized carbons (Fsp3) is 0.455. The van der Waals surface area contributed by atoms with E-state index in [9.17, 15) is 12.8 Å². The Morgan fingerprint density at radius 3 is 2.44 bits per heavy atom. The van der Waals surface area contributed by atoms with Crippen molar-refractivity contribution in [3.63, 3.8) is 0 Å². The Morgan fingerprint density at radius 2 is 1.94 bits per heavy atom. The van der Waals surface area contributed by atoms with Crippen molar-refractivity contribution in [2.45, 2.75) is 24.4 Å². The molecule has 1 aliphatic rings. The maximum atomic E-state index is 13.0. The number of alkyl halides is 1. The predicted molar refractivity (Wildman–Crippen MR) is 59.5 cm³/mol. The molecule has 3 nitrogen and oxygen atoms in total. The van der Waals surface area contributed by atoms with E-state index in [-0.39, 0.29) is 18.0 Å². The van der Waals surface area contributed by atoms with Gasteiger partial charge in [-0.2, -0.15) is 4.31 Å². The molecule has 0 aromatic heterocycles. The number of sulfonamides is 1. The first-order chi connectivity index (χ1) is 7.50. The summed E-state index contributed by atoms with van der Waals surface area (Å²) in [5.41, 5.74) is 1.00. The average molecular weight is 243 g/mol. The second-order valence-electron chi connectivity index (χ2n) is 4.06. The molecule has 1 aliphatic heterocycles. The van der Waals surface area contributed by atoms with Gasteiger partial charge in [0.25, 0.3) is 0 Å². The minimum atomic E-state index is -3.50. The van der Waals surface area contributed by atoms with Crippen LogP contribution in [-0.2, 0) is 10.0 Å². The van der Waals surface area contributed by atoms with Gasteiger partial charge in [-0.25, -0.2) is 12.8 Å². The molecule has 0 bridgehead atoms. The number of benzene rings is 1. The molecule has 16 heavy (non-hydrogen) atoms. The summed E-state index contributed by atoms with van der Waals surface area (Å²) in [5.74, 6) is 0. The highest BCUT2D eigenvalue weighted by molar-refractivity contribution is 7.89. The van der Waals surface area contributed by atoms with E-state index >= 15 is 0 Å². The normalized spacial score (nSPS) is 22.5. The van der Waals surface area contributed by atoms with Crippen molar-refractivity contribution in [1.82, 2.24) is 4.31 Å². The molecule has 1 aromatic carbocycles. The number of aryl methyl sites for hydroxylation is 1. The summed E-state index contributed by atoms with van der Waals surface area (Å²) < 4.78 is 38.3. The van der Waals surface area contributed by atoms with Crippen LogP contribution < -0.4 is 0 Å². The molecule has 1 aromatic rings. The van der Waals surface area contributed by atoms with Gasteiger partial charge < -0.3 is 0 Å². The zero-order valence-electron chi connectivity index (χ0n) is 9.06. The van der Waals surface area contributed by atoms with E-state index in [1.54, 1.807) is 24.3 Å². The highest BCUT2D eigenvalue weighted by atomic mass is 32.2. The number of hydrogen-bond acceptors (Lipinski definition) is 2. The van der Waals surface area contributed by atoms with Crippen molar-refractivity contribution in [2.75, 3.05) is 13.1 Å². The smallest absolute Gasteiger partial charge is 0.243 e. The van der Waals surface area contributed by atoms with Gasteiger partial charge in [-0.15, -0.1) is 0 Å². The van der Waals surface area contributed by atoms with Crippen molar-refractivity contribution >= 4 is 10.0 Å². The Bertz CT molecular complexity index is 469. The van der Waals surface area contributed by atoms with Crippen molar-refractivity contribution in [2.24, 2.45) is 0 Å². The average Bonchev–Trinajstić information content (AvgIpc) is 2.66.